The molecule has 1 aliphatic carbocycles. The molecule has 0 unspecified atom stereocenters. The van der Waals surface area contributed by atoms with Crippen LogP contribution in [-0.4, -0.2) is 10.3 Å². The zero-order valence-corrected chi connectivity index (χ0v) is 11.0. The standard InChI is InChI=1S/C14H8N.Os/c15-9-11-5-3-7-13-12-6-2-1-4-10(12)8-14(11)13;/h1-7,9H;/q-1;. The van der Waals surface area contributed by atoms with E-state index in [0.717, 1.165) is 5.56 Å². The first kappa shape index (κ1) is 9.81. The van der Waals surface area contributed by atoms with Gasteiger partial charge >= 0.3 is 104 Å². The molecule has 0 atom stereocenters. The molecule has 0 N–H and O–H groups in total. The van der Waals surface area contributed by atoms with Crippen molar-refractivity contribution in [2.45, 2.75) is 0 Å². The van der Waals surface area contributed by atoms with Gasteiger partial charge in [0.25, 0.3) is 0 Å². The Labute approximate surface area is 104 Å². The second-order valence-corrected chi connectivity index (χ2v) is 5.02. The van der Waals surface area contributed by atoms with Crippen molar-refractivity contribution < 1.29 is 18.1 Å². The molecular formula is C14H8NOs-. The molecule has 0 radical (unpaired) electrons. The van der Waals surface area contributed by atoms with E-state index in [1.54, 1.807) is 0 Å². The molecule has 0 heterocycles. The van der Waals surface area contributed by atoms with Crippen LogP contribution in [0.5, 0.6) is 0 Å². The maximum absolute atomic E-state index is 9.26. The minimum absolute atomic E-state index is 0.902. The number of benzene rings is 2. The van der Waals surface area contributed by atoms with Crippen molar-refractivity contribution in [3.63, 3.8) is 0 Å². The summed E-state index contributed by atoms with van der Waals surface area (Å²) < 4.78 is 1.27. The van der Waals surface area contributed by atoms with Gasteiger partial charge in [0.15, 0.2) is 0 Å². The molecule has 0 aromatic heterocycles. The van der Waals surface area contributed by atoms with E-state index in [4.69, 9.17) is 0 Å². The molecule has 2 aromatic carbocycles. The Balaban J connectivity index is 2.41. The van der Waals surface area contributed by atoms with E-state index in [0.29, 0.717) is 0 Å². The van der Waals surface area contributed by atoms with Gasteiger partial charge in [0.2, 0.25) is 0 Å². The first-order chi connectivity index (χ1) is 7.83. The first-order valence-corrected chi connectivity index (χ1v) is 6.32. The van der Waals surface area contributed by atoms with Crippen molar-refractivity contribution in [2.24, 2.45) is 0 Å². The van der Waals surface area contributed by atoms with Crippen LogP contribution in [0.25, 0.3) is 16.5 Å². The normalized spacial score (nSPS) is 12.2. The van der Waals surface area contributed by atoms with Gasteiger partial charge in [-0.05, 0) is 0 Å². The van der Waals surface area contributed by atoms with Crippen LogP contribution in [0.4, 0.5) is 0 Å². The molecule has 0 bridgehead atoms. The van der Waals surface area contributed by atoms with Gasteiger partial charge < -0.3 is 0 Å². The van der Waals surface area contributed by atoms with Gasteiger partial charge in [-0.3, -0.25) is 0 Å². The molecule has 78 valence electrons. The fourth-order valence-electron chi connectivity index (χ4n) is 2.18. The number of hydrogen-bond acceptors (Lipinski definition) is 0. The molecule has 1 nitrogen and oxygen atoms in total. The van der Waals surface area contributed by atoms with Gasteiger partial charge in [0.1, 0.15) is 0 Å². The summed E-state index contributed by atoms with van der Waals surface area (Å²) in [5, 5.41) is 9.26. The Bertz CT molecular complexity index is 614. The van der Waals surface area contributed by atoms with Crippen molar-refractivity contribution in [1.82, 2.24) is 0 Å². The molecule has 0 fully saturated rings. The molecule has 3 rings (SSSR count). The van der Waals surface area contributed by atoms with Crippen molar-refractivity contribution in [1.29, 1.82) is 0 Å². The van der Waals surface area contributed by atoms with E-state index in [2.05, 4.69) is 30.3 Å². The summed E-state index contributed by atoms with van der Waals surface area (Å²) in [6.45, 7) is 0. The molecule has 2 aromatic rings. The van der Waals surface area contributed by atoms with Gasteiger partial charge in [-0.15, -0.1) is 0 Å². The molecule has 0 spiro atoms. The van der Waals surface area contributed by atoms with Crippen LogP contribution in [0.3, 0.4) is 0 Å². The quantitative estimate of drug-likeness (QED) is 0.580. The summed E-state index contributed by atoms with van der Waals surface area (Å²) in [6.07, 6.45) is 1.19. The van der Waals surface area contributed by atoms with E-state index in [1.165, 1.54) is 32.5 Å². The van der Waals surface area contributed by atoms with Crippen LogP contribution in [0, 0.1) is 0 Å². The molecule has 0 saturated heterocycles. The van der Waals surface area contributed by atoms with Gasteiger partial charge in [-0.25, -0.2) is 0 Å². The van der Waals surface area contributed by atoms with Crippen molar-refractivity contribution >= 4 is 10.3 Å². The number of hydrogen-bond donors (Lipinski definition) is 0. The monoisotopic (exact) mass is 382 g/mol. The van der Waals surface area contributed by atoms with E-state index in [9.17, 15) is 5.41 Å². The minimum atomic E-state index is 0.902. The first-order valence-electron chi connectivity index (χ1n) is 5.05. The zero-order valence-electron chi connectivity index (χ0n) is 8.42. The third-order valence-corrected chi connectivity index (χ3v) is 4.22. The SMILES string of the molecule is [N-]=Cc1cccc2c1[C](=[Os])c1ccccc1-2. The predicted molar refractivity (Wildman–Crippen MR) is 63.6 cm³/mol. The molecule has 1 aliphatic rings. The van der Waals surface area contributed by atoms with Crippen LogP contribution in [0.2, 0.25) is 0 Å². The summed E-state index contributed by atoms with van der Waals surface area (Å²) in [7, 11) is 0. The Morgan fingerprint density at radius 3 is 2.31 bits per heavy atom. The Morgan fingerprint density at radius 2 is 1.56 bits per heavy atom. The molecule has 0 aliphatic heterocycles. The number of nitrogens with zero attached hydrogens (tertiary/aromatic N) is 1. The van der Waals surface area contributed by atoms with Gasteiger partial charge in [-0.2, -0.15) is 0 Å². The van der Waals surface area contributed by atoms with Crippen LogP contribution in [0.1, 0.15) is 16.7 Å². The number of rotatable bonds is 1. The van der Waals surface area contributed by atoms with Crippen molar-refractivity contribution in [3.8, 4) is 11.1 Å². The average molecular weight is 380 g/mol. The van der Waals surface area contributed by atoms with Crippen LogP contribution in [0.15, 0.2) is 42.5 Å². The van der Waals surface area contributed by atoms with Crippen LogP contribution >= 0.6 is 0 Å². The average Bonchev–Trinajstić information content (AvgIpc) is 2.64. The second kappa shape index (κ2) is 3.58. The molecular weight excluding hydrogens is 372 g/mol. The number of fused-ring (bicyclic) bond motifs is 3. The third-order valence-electron chi connectivity index (χ3n) is 2.90. The fourth-order valence-corrected chi connectivity index (χ4v) is 3.44. The summed E-state index contributed by atoms with van der Waals surface area (Å²) in [6, 6.07) is 14.4. The van der Waals surface area contributed by atoms with Crippen LogP contribution < -0.4 is 0 Å². The topological polar surface area (TPSA) is 22.3 Å². The van der Waals surface area contributed by atoms with Crippen molar-refractivity contribution in [3.05, 3.63) is 64.6 Å². The summed E-state index contributed by atoms with van der Waals surface area (Å²) in [5.41, 5.74) is 5.85. The van der Waals surface area contributed by atoms with E-state index in [-0.39, 0.29) is 0 Å². The zero-order chi connectivity index (χ0) is 11.1. The Morgan fingerprint density at radius 1 is 0.875 bits per heavy atom. The third kappa shape index (κ3) is 1.20. The maximum atomic E-state index is 9.26. The van der Waals surface area contributed by atoms with E-state index < -0.39 is 0 Å². The van der Waals surface area contributed by atoms with Gasteiger partial charge in [0, 0.05) is 0 Å². The van der Waals surface area contributed by atoms with E-state index in [1.807, 2.05) is 30.3 Å². The summed E-state index contributed by atoms with van der Waals surface area (Å²) in [5.74, 6) is 0. The predicted octanol–water partition coefficient (Wildman–Crippen LogP) is 2.77. The summed E-state index contributed by atoms with van der Waals surface area (Å²) in [4.78, 5) is 0. The fraction of sp³-hybridized carbons (Fsp3) is 0. The molecule has 2 heteroatoms. The van der Waals surface area contributed by atoms with Crippen LogP contribution in [-0.2, 0) is 18.1 Å². The molecule has 16 heavy (non-hydrogen) atoms. The van der Waals surface area contributed by atoms with Crippen molar-refractivity contribution in [2.75, 3.05) is 0 Å². The Hall–Kier alpha value is -1.38. The van der Waals surface area contributed by atoms with E-state index >= 15 is 0 Å². The van der Waals surface area contributed by atoms with Gasteiger partial charge in [0.05, 0.1) is 0 Å². The Kier molecular flexibility index (Phi) is 2.19. The summed E-state index contributed by atoms with van der Waals surface area (Å²) >= 11 is 1.89. The second-order valence-electron chi connectivity index (χ2n) is 3.75. The molecule has 0 amide bonds. The molecule has 0 saturated carbocycles. The van der Waals surface area contributed by atoms with Gasteiger partial charge in [-0.1, -0.05) is 0 Å².